The third-order valence-electron chi connectivity index (χ3n) is 10.3. The number of hydrogen-bond acceptors (Lipinski definition) is 2. The van der Waals surface area contributed by atoms with Crippen LogP contribution in [-0.4, -0.2) is 21.9 Å². The molecule has 4 saturated carbocycles. The Bertz CT molecular complexity index is 716. The average Bonchev–Trinajstić information content (AvgIpc) is 2.94. The normalized spacial score (nSPS) is 50.5. The highest BCUT2D eigenvalue weighted by atomic mass is 16.3. The highest BCUT2D eigenvalue weighted by Gasteiger charge is 2.64. The van der Waals surface area contributed by atoms with E-state index in [9.17, 15) is 10.2 Å². The van der Waals surface area contributed by atoms with Crippen molar-refractivity contribution in [1.82, 2.24) is 0 Å². The van der Waals surface area contributed by atoms with Crippen LogP contribution in [-0.2, 0) is 6.42 Å². The van der Waals surface area contributed by atoms with Gasteiger partial charge in [-0.3, -0.25) is 0 Å². The van der Waals surface area contributed by atoms with E-state index in [0.29, 0.717) is 17.3 Å². The lowest BCUT2D eigenvalue weighted by molar-refractivity contribution is -0.158. The van der Waals surface area contributed by atoms with E-state index in [2.05, 4.69) is 44.2 Å². The van der Waals surface area contributed by atoms with Gasteiger partial charge in [-0.1, -0.05) is 44.2 Å². The molecule has 4 aliphatic carbocycles. The van der Waals surface area contributed by atoms with Gasteiger partial charge in [-0.2, -0.15) is 0 Å². The molecule has 0 aliphatic heterocycles. The van der Waals surface area contributed by atoms with Gasteiger partial charge in [-0.15, -0.1) is 0 Å². The van der Waals surface area contributed by atoms with Crippen molar-refractivity contribution in [3.8, 4) is 0 Å². The zero-order valence-corrected chi connectivity index (χ0v) is 17.7. The second kappa shape index (κ2) is 6.57. The van der Waals surface area contributed by atoms with Crippen molar-refractivity contribution in [2.24, 2.45) is 34.5 Å². The van der Waals surface area contributed by atoms with Crippen molar-refractivity contribution in [3.63, 3.8) is 0 Å². The van der Waals surface area contributed by atoms with E-state index in [4.69, 9.17) is 0 Å². The van der Waals surface area contributed by atoms with E-state index in [1.54, 1.807) is 0 Å². The standard InChI is InChI=1S/C26H38O2/c1-24-13-10-20(27)16-19(24)8-9-21-22(24)11-14-25(2)23(21)12-15-26(25,28)17-18-6-4-3-5-7-18/h3-7,19-23,27-28H,8-17H2,1-2H3/t19?,20?,21-,22-,23+,24+,25+,26?/m1/s1. The first-order chi connectivity index (χ1) is 13.4. The molecule has 2 N–H and O–H groups in total. The Kier molecular flexibility index (Phi) is 4.49. The Morgan fingerprint density at radius 1 is 0.893 bits per heavy atom. The lowest BCUT2D eigenvalue weighted by atomic mass is 9.44. The van der Waals surface area contributed by atoms with E-state index in [1.165, 1.54) is 44.1 Å². The number of hydrogen-bond donors (Lipinski definition) is 2. The molecule has 5 rings (SSSR count). The maximum atomic E-state index is 11.9. The minimum Gasteiger partial charge on any atom is -0.393 e. The van der Waals surface area contributed by atoms with Crippen LogP contribution in [0.4, 0.5) is 0 Å². The van der Waals surface area contributed by atoms with Crippen molar-refractivity contribution >= 4 is 0 Å². The summed E-state index contributed by atoms with van der Waals surface area (Å²) in [7, 11) is 0. The van der Waals surface area contributed by atoms with E-state index in [1.807, 2.05) is 0 Å². The molecule has 2 heteroatoms. The van der Waals surface area contributed by atoms with Crippen molar-refractivity contribution in [2.45, 2.75) is 89.8 Å². The summed E-state index contributed by atoms with van der Waals surface area (Å²) in [5.41, 5.74) is 1.21. The molecule has 1 aromatic carbocycles. The van der Waals surface area contributed by atoms with Crippen LogP contribution in [0.5, 0.6) is 0 Å². The van der Waals surface area contributed by atoms with Crippen molar-refractivity contribution in [1.29, 1.82) is 0 Å². The molecule has 154 valence electrons. The topological polar surface area (TPSA) is 40.5 Å². The molecule has 0 amide bonds. The highest BCUT2D eigenvalue weighted by molar-refractivity contribution is 5.22. The molecule has 4 fully saturated rings. The fourth-order valence-corrected chi connectivity index (χ4v) is 8.57. The summed E-state index contributed by atoms with van der Waals surface area (Å²) in [6, 6.07) is 10.6. The lowest BCUT2D eigenvalue weighted by Crippen LogP contribution is -2.57. The lowest BCUT2D eigenvalue weighted by Gasteiger charge is -2.61. The predicted molar refractivity (Wildman–Crippen MR) is 113 cm³/mol. The van der Waals surface area contributed by atoms with Crippen molar-refractivity contribution in [3.05, 3.63) is 35.9 Å². The van der Waals surface area contributed by atoms with Gasteiger partial charge in [-0.25, -0.2) is 0 Å². The Balaban J connectivity index is 1.41. The fourth-order valence-electron chi connectivity index (χ4n) is 8.57. The number of aliphatic hydroxyl groups is 2. The minimum atomic E-state index is -0.551. The third kappa shape index (κ3) is 2.67. The maximum Gasteiger partial charge on any atom is 0.0744 e. The van der Waals surface area contributed by atoms with Gasteiger partial charge in [0, 0.05) is 6.42 Å². The second-order valence-corrected chi connectivity index (χ2v) is 11.3. The molecule has 3 unspecified atom stereocenters. The molecule has 0 bridgehead atoms. The van der Waals surface area contributed by atoms with Gasteiger partial charge in [-0.05, 0) is 97.9 Å². The molecule has 2 nitrogen and oxygen atoms in total. The second-order valence-electron chi connectivity index (χ2n) is 11.3. The van der Waals surface area contributed by atoms with Crippen LogP contribution in [0.2, 0.25) is 0 Å². The SMILES string of the molecule is C[C@]12CCC(O)CC1CC[C@@H]1[C@H]2CC[C@@]2(C)[C@H]1CCC2(O)Cc1ccccc1. The Morgan fingerprint density at radius 3 is 2.43 bits per heavy atom. The number of aliphatic hydroxyl groups excluding tert-OH is 1. The van der Waals surface area contributed by atoms with E-state index >= 15 is 0 Å². The monoisotopic (exact) mass is 382 g/mol. The summed E-state index contributed by atoms with van der Waals surface area (Å²) < 4.78 is 0. The summed E-state index contributed by atoms with van der Waals surface area (Å²) in [5.74, 6) is 2.96. The van der Waals surface area contributed by atoms with Gasteiger partial charge in [0.2, 0.25) is 0 Å². The molecule has 8 atom stereocenters. The summed E-state index contributed by atoms with van der Waals surface area (Å²) in [5, 5.41) is 22.1. The fraction of sp³-hybridized carbons (Fsp3) is 0.769. The molecular formula is C26H38O2. The Labute approximate surface area is 170 Å². The first-order valence-corrected chi connectivity index (χ1v) is 11.8. The van der Waals surface area contributed by atoms with Crippen molar-refractivity contribution < 1.29 is 10.2 Å². The zero-order chi connectivity index (χ0) is 19.6. The number of rotatable bonds is 2. The van der Waals surface area contributed by atoms with Gasteiger partial charge in [0.1, 0.15) is 0 Å². The van der Waals surface area contributed by atoms with E-state index in [-0.39, 0.29) is 11.5 Å². The Morgan fingerprint density at radius 2 is 1.64 bits per heavy atom. The van der Waals surface area contributed by atoms with Gasteiger partial charge >= 0.3 is 0 Å². The largest absolute Gasteiger partial charge is 0.393 e. The first-order valence-electron chi connectivity index (χ1n) is 11.8. The molecule has 1 aromatic rings. The van der Waals surface area contributed by atoms with Crippen LogP contribution >= 0.6 is 0 Å². The molecule has 0 spiro atoms. The van der Waals surface area contributed by atoms with Crippen LogP contribution < -0.4 is 0 Å². The van der Waals surface area contributed by atoms with Gasteiger partial charge in [0.25, 0.3) is 0 Å². The summed E-state index contributed by atoms with van der Waals surface area (Å²) in [6.45, 7) is 4.97. The molecule has 0 saturated heterocycles. The molecule has 0 aromatic heterocycles. The zero-order valence-electron chi connectivity index (χ0n) is 17.7. The summed E-state index contributed by atoms with van der Waals surface area (Å²) in [6.07, 6.45) is 11.2. The van der Waals surface area contributed by atoms with Gasteiger partial charge in [0.05, 0.1) is 11.7 Å². The predicted octanol–water partition coefficient (Wildman–Crippen LogP) is 5.36. The van der Waals surface area contributed by atoms with Crippen LogP contribution in [0.1, 0.15) is 77.2 Å². The quantitative estimate of drug-likeness (QED) is 0.722. The van der Waals surface area contributed by atoms with Crippen LogP contribution in [0, 0.1) is 34.5 Å². The van der Waals surface area contributed by atoms with E-state index in [0.717, 1.165) is 37.5 Å². The number of fused-ring (bicyclic) bond motifs is 5. The molecule has 0 heterocycles. The summed E-state index contributed by atoms with van der Waals surface area (Å²) in [4.78, 5) is 0. The van der Waals surface area contributed by atoms with Crippen molar-refractivity contribution in [2.75, 3.05) is 0 Å². The molecular weight excluding hydrogens is 344 g/mol. The highest BCUT2D eigenvalue weighted by Crippen LogP contribution is 2.68. The van der Waals surface area contributed by atoms with Crippen LogP contribution in [0.3, 0.4) is 0 Å². The van der Waals surface area contributed by atoms with Gasteiger partial charge < -0.3 is 10.2 Å². The Hall–Kier alpha value is -0.860. The van der Waals surface area contributed by atoms with Crippen LogP contribution in [0.25, 0.3) is 0 Å². The third-order valence-corrected chi connectivity index (χ3v) is 10.3. The summed E-state index contributed by atoms with van der Waals surface area (Å²) >= 11 is 0. The number of benzene rings is 1. The smallest absolute Gasteiger partial charge is 0.0744 e. The van der Waals surface area contributed by atoms with E-state index < -0.39 is 5.60 Å². The molecule has 28 heavy (non-hydrogen) atoms. The van der Waals surface area contributed by atoms with Crippen LogP contribution in [0.15, 0.2) is 30.3 Å². The maximum absolute atomic E-state index is 11.9. The molecule has 0 radical (unpaired) electrons. The minimum absolute atomic E-state index is 0.0569. The first kappa shape index (κ1) is 19.1. The van der Waals surface area contributed by atoms with Gasteiger partial charge in [0.15, 0.2) is 0 Å². The molecule has 4 aliphatic rings. The average molecular weight is 383 g/mol.